The molecular weight excluding hydrogens is 270 g/mol. The summed E-state index contributed by atoms with van der Waals surface area (Å²) in [6.07, 6.45) is 2.12. The molecule has 1 aliphatic rings. The van der Waals surface area contributed by atoms with Crippen LogP contribution in [0.4, 0.5) is 5.69 Å². The molecule has 1 heterocycles. The number of hydrogen-bond acceptors (Lipinski definition) is 2. The molecule has 0 fully saturated rings. The second kappa shape index (κ2) is 6.19. The van der Waals surface area contributed by atoms with Crippen LogP contribution in [-0.4, -0.2) is 18.5 Å². The largest absolute Gasteiger partial charge is 0.488 e. The molecule has 3 heteroatoms. The molecule has 0 amide bonds. The van der Waals surface area contributed by atoms with Crippen LogP contribution in [0.15, 0.2) is 48.5 Å². The molecule has 3 rings (SSSR count). The van der Waals surface area contributed by atoms with E-state index in [0.29, 0.717) is 5.88 Å². The van der Waals surface area contributed by atoms with Crippen molar-refractivity contribution in [3.63, 3.8) is 0 Å². The van der Waals surface area contributed by atoms with Crippen molar-refractivity contribution in [2.24, 2.45) is 0 Å². The van der Waals surface area contributed by atoms with E-state index in [0.717, 1.165) is 30.8 Å². The van der Waals surface area contributed by atoms with E-state index in [1.54, 1.807) is 0 Å². The molecule has 0 radical (unpaired) electrons. The molecule has 1 aliphatic heterocycles. The van der Waals surface area contributed by atoms with Gasteiger partial charge in [-0.3, -0.25) is 0 Å². The van der Waals surface area contributed by atoms with Gasteiger partial charge >= 0.3 is 0 Å². The SMILES string of the molecule is ClCCc1ccc(NCC2Cc3ccccc3O2)cc1. The minimum atomic E-state index is 0.218. The predicted molar refractivity (Wildman–Crippen MR) is 83.9 cm³/mol. The molecule has 1 atom stereocenters. The summed E-state index contributed by atoms with van der Waals surface area (Å²) in [4.78, 5) is 0. The minimum Gasteiger partial charge on any atom is -0.488 e. The summed E-state index contributed by atoms with van der Waals surface area (Å²) in [7, 11) is 0. The number of alkyl halides is 1. The number of para-hydroxylation sites is 1. The van der Waals surface area contributed by atoms with Crippen molar-refractivity contribution in [2.45, 2.75) is 18.9 Å². The maximum atomic E-state index is 5.91. The van der Waals surface area contributed by atoms with Crippen molar-refractivity contribution in [3.05, 3.63) is 59.7 Å². The molecule has 1 N–H and O–H groups in total. The zero-order chi connectivity index (χ0) is 13.8. The Labute approximate surface area is 124 Å². The molecule has 2 aromatic rings. The summed E-state index contributed by atoms with van der Waals surface area (Å²) < 4.78 is 5.91. The highest BCUT2D eigenvalue weighted by Crippen LogP contribution is 2.28. The molecule has 0 aliphatic carbocycles. The van der Waals surface area contributed by atoms with Crippen LogP contribution in [0.2, 0.25) is 0 Å². The Bertz CT molecular complexity index is 542. The maximum Gasteiger partial charge on any atom is 0.123 e. The van der Waals surface area contributed by atoms with Crippen molar-refractivity contribution in [1.82, 2.24) is 0 Å². The van der Waals surface area contributed by atoms with Crippen LogP contribution in [0.1, 0.15) is 11.1 Å². The van der Waals surface area contributed by atoms with Crippen LogP contribution in [0.5, 0.6) is 5.75 Å². The van der Waals surface area contributed by atoms with Gasteiger partial charge in [0.2, 0.25) is 0 Å². The van der Waals surface area contributed by atoms with Crippen molar-refractivity contribution in [2.75, 3.05) is 17.7 Å². The molecule has 0 saturated heterocycles. The summed E-state index contributed by atoms with van der Waals surface area (Å²) >= 11 is 5.74. The maximum absolute atomic E-state index is 5.91. The Hall–Kier alpha value is -1.67. The van der Waals surface area contributed by atoms with Crippen molar-refractivity contribution in [3.8, 4) is 5.75 Å². The van der Waals surface area contributed by atoms with Crippen LogP contribution in [0.3, 0.4) is 0 Å². The summed E-state index contributed by atoms with van der Waals surface area (Å²) in [5, 5.41) is 3.43. The van der Waals surface area contributed by atoms with Gasteiger partial charge in [-0.1, -0.05) is 30.3 Å². The molecule has 2 aromatic carbocycles. The third kappa shape index (κ3) is 3.07. The summed E-state index contributed by atoms with van der Waals surface area (Å²) in [5.74, 6) is 1.69. The summed E-state index contributed by atoms with van der Waals surface area (Å²) in [6, 6.07) is 16.7. The van der Waals surface area contributed by atoms with Crippen molar-refractivity contribution < 1.29 is 4.74 Å². The number of ether oxygens (including phenoxy) is 1. The molecule has 2 nitrogen and oxygen atoms in total. The smallest absolute Gasteiger partial charge is 0.123 e. The van der Waals surface area contributed by atoms with Gasteiger partial charge in [-0.2, -0.15) is 0 Å². The van der Waals surface area contributed by atoms with E-state index in [9.17, 15) is 0 Å². The van der Waals surface area contributed by atoms with E-state index < -0.39 is 0 Å². The topological polar surface area (TPSA) is 21.3 Å². The number of fused-ring (bicyclic) bond motifs is 1. The van der Waals surface area contributed by atoms with Crippen LogP contribution in [0.25, 0.3) is 0 Å². The van der Waals surface area contributed by atoms with Crippen LogP contribution in [0, 0.1) is 0 Å². The normalized spacial score (nSPS) is 16.6. The predicted octanol–water partition coefficient (Wildman–Crippen LogP) is 3.88. The Morgan fingerprint density at radius 3 is 2.65 bits per heavy atom. The molecule has 20 heavy (non-hydrogen) atoms. The van der Waals surface area contributed by atoms with Gasteiger partial charge in [-0.15, -0.1) is 11.6 Å². The van der Waals surface area contributed by atoms with Gasteiger partial charge in [0, 0.05) is 18.0 Å². The van der Waals surface area contributed by atoms with Crippen molar-refractivity contribution >= 4 is 17.3 Å². The lowest BCUT2D eigenvalue weighted by Crippen LogP contribution is -2.23. The zero-order valence-corrected chi connectivity index (χ0v) is 12.1. The van der Waals surface area contributed by atoms with Crippen LogP contribution >= 0.6 is 11.6 Å². The second-order valence-corrected chi connectivity index (χ2v) is 5.45. The highest BCUT2D eigenvalue weighted by Gasteiger charge is 2.21. The first-order chi connectivity index (χ1) is 9.85. The number of nitrogens with one attached hydrogen (secondary N) is 1. The average molecular weight is 288 g/mol. The van der Waals surface area contributed by atoms with E-state index in [2.05, 4.69) is 41.7 Å². The van der Waals surface area contributed by atoms with E-state index in [-0.39, 0.29) is 6.10 Å². The fourth-order valence-corrected chi connectivity index (χ4v) is 2.72. The van der Waals surface area contributed by atoms with E-state index in [1.165, 1.54) is 11.1 Å². The van der Waals surface area contributed by atoms with Gasteiger partial charge in [-0.25, -0.2) is 0 Å². The molecule has 1 unspecified atom stereocenters. The molecule has 0 spiro atoms. The minimum absolute atomic E-state index is 0.218. The zero-order valence-electron chi connectivity index (χ0n) is 11.3. The van der Waals surface area contributed by atoms with E-state index >= 15 is 0 Å². The Morgan fingerprint density at radius 2 is 1.90 bits per heavy atom. The van der Waals surface area contributed by atoms with Gasteiger partial charge in [0.15, 0.2) is 0 Å². The Balaban J connectivity index is 1.53. The van der Waals surface area contributed by atoms with Crippen LogP contribution in [-0.2, 0) is 12.8 Å². The number of halogens is 1. The highest BCUT2D eigenvalue weighted by atomic mass is 35.5. The Kier molecular flexibility index (Phi) is 4.12. The molecule has 0 saturated carbocycles. The third-order valence-corrected chi connectivity index (χ3v) is 3.77. The molecule has 0 aromatic heterocycles. The number of benzene rings is 2. The molecule has 0 bridgehead atoms. The average Bonchev–Trinajstić information content (AvgIpc) is 2.90. The first kappa shape index (κ1) is 13.3. The first-order valence-electron chi connectivity index (χ1n) is 6.98. The first-order valence-corrected chi connectivity index (χ1v) is 7.52. The van der Waals surface area contributed by atoms with E-state index in [1.807, 2.05) is 12.1 Å². The lowest BCUT2D eigenvalue weighted by atomic mass is 10.1. The quantitative estimate of drug-likeness (QED) is 0.843. The lowest BCUT2D eigenvalue weighted by molar-refractivity contribution is 0.246. The number of hydrogen-bond donors (Lipinski definition) is 1. The van der Waals surface area contributed by atoms with Gasteiger partial charge in [0.1, 0.15) is 11.9 Å². The number of aryl methyl sites for hydroxylation is 1. The second-order valence-electron chi connectivity index (χ2n) is 5.07. The van der Waals surface area contributed by atoms with E-state index in [4.69, 9.17) is 16.3 Å². The van der Waals surface area contributed by atoms with Gasteiger partial charge in [0.25, 0.3) is 0 Å². The monoisotopic (exact) mass is 287 g/mol. The van der Waals surface area contributed by atoms with Gasteiger partial charge in [-0.05, 0) is 35.7 Å². The third-order valence-electron chi connectivity index (χ3n) is 3.58. The molecule has 104 valence electrons. The summed E-state index contributed by atoms with van der Waals surface area (Å²) in [6.45, 7) is 0.823. The van der Waals surface area contributed by atoms with Crippen molar-refractivity contribution in [1.29, 1.82) is 0 Å². The molecular formula is C17H18ClNO. The number of rotatable bonds is 5. The van der Waals surface area contributed by atoms with Gasteiger partial charge in [0.05, 0.1) is 6.54 Å². The Morgan fingerprint density at radius 1 is 1.10 bits per heavy atom. The summed E-state index contributed by atoms with van der Waals surface area (Å²) in [5.41, 5.74) is 3.70. The highest BCUT2D eigenvalue weighted by molar-refractivity contribution is 6.17. The number of anilines is 1. The fraction of sp³-hybridized carbons (Fsp3) is 0.294. The van der Waals surface area contributed by atoms with Gasteiger partial charge < -0.3 is 10.1 Å². The lowest BCUT2D eigenvalue weighted by Gasteiger charge is -2.13. The fourth-order valence-electron chi connectivity index (χ4n) is 2.50. The standard InChI is InChI=1S/C17H18ClNO/c18-10-9-13-5-7-15(8-6-13)19-12-16-11-14-3-1-2-4-17(14)20-16/h1-8,16,19H,9-12H2. The van der Waals surface area contributed by atoms with Crippen LogP contribution < -0.4 is 10.1 Å².